The molecular formula is C30H51N3O8. The molecule has 4 N–H and O–H groups in total. The third-order valence-electron chi connectivity index (χ3n) is 7.46. The fourth-order valence-electron chi connectivity index (χ4n) is 4.96. The number of nitrogens with zero attached hydrogens (tertiary/aromatic N) is 1. The molecule has 4 amide bonds. The smallest absolute Gasteiger partial charge is 0.326 e. The van der Waals surface area contributed by atoms with Crippen molar-refractivity contribution in [2.24, 2.45) is 5.92 Å². The van der Waals surface area contributed by atoms with Gasteiger partial charge in [0.1, 0.15) is 6.04 Å². The summed E-state index contributed by atoms with van der Waals surface area (Å²) in [5.41, 5.74) is 0. The molecule has 0 saturated carbocycles. The first-order valence-electron chi connectivity index (χ1n) is 15.5. The maximum atomic E-state index is 12.2. The maximum absolute atomic E-state index is 12.2. The van der Waals surface area contributed by atoms with Gasteiger partial charge in [-0.15, -0.1) is 0 Å². The highest BCUT2D eigenvalue weighted by Crippen LogP contribution is 2.18. The van der Waals surface area contributed by atoms with Gasteiger partial charge in [-0.05, 0) is 19.3 Å². The van der Waals surface area contributed by atoms with E-state index in [4.69, 9.17) is 5.11 Å². The Bertz CT molecular complexity index is 848. The summed E-state index contributed by atoms with van der Waals surface area (Å²) in [6, 6.07) is -1.15. The molecule has 41 heavy (non-hydrogen) atoms. The molecule has 11 heteroatoms. The monoisotopic (exact) mass is 581 g/mol. The van der Waals surface area contributed by atoms with Crippen LogP contribution in [0.1, 0.15) is 129 Å². The summed E-state index contributed by atoms with van der Waals surface area (Å²) < 4.78 is 0. The predicted octanol–water partition coefficient (Wildman–Crippen LogP) is 4.17. The van der Waals surface area contributed by atoms with Crippen LogP contribution in [0, 0.1) is 5.92 Å². The van der Waals surface area contributed by atoms with Gasteiger partial charge in [-0.2, -0.15) is 0 Å². The number of carbonyl (C=O) groups excluding carboxylic acids is 4. The molecule has 0 aliphatic carbocycles. The van der Waals surface area contributed by atoms with Crippen molar-refractivity contribution >= 4 is 35.6 Å². The number of aliphatic carboxylic acids is 2. The summed E-state index contributed by atoms with van der Waals surface area (Å²) in [5, 5.41) is 23.1. The molecule has 1 fully saturated rings. The van der Waals surface area contributed by atoms with Crippen LogP contribution in [0.2, 0.25) is 0 Å². The van der Waals surface area contributed by atoms with E-state index in [1.807, 2.05) is 0 Å². The number of nitrogens with one attached hydrogen (secondary N) is 2. The zero-order valence-corrected chi connectivity index (χ0v) is 24.8. The average Bonchev–Trinajstić information content (AvgIpc) is 3.16. The summed E-state index contributed by atoms with van der Waals surface area (Å²) in [5.74, 6) is -3.48. The molecule has 2 atom stereocenters. The summed E-state index contributed by atoms with van der Waals surface area (Å²) in [4.78, 5) is 71.1. The fourth-order valence-corrected chi connectivity index (χ4v) is 4.96. The van der Waals surface area contributed by atoms with Crippen LogP contribution in [0.15, 0.2) is 0 Å². The molecule has 1 saturated heterocycles. The summed E-state index contributed by atoms with van der Waals surface area (Å²) in [7, 11) is 0. The van der Waals surface area contributed by atoms with Crippen LogP contribution in [0.25, 0.3) is 0 Å². The van der Waals surface area contributed by atoms with Gasteiger partial charge in [-0.25, -0.2) is 4.79 Å². The molecule has 0 radical (unpaired) electrons. The normalized spacial score (nSPS) is 15.6. The van der Waals surface area contributed by atoms with Gasteiger partial charge in [0.2, 0.25) is 23.6 Å². The van der Waals surface area contributed by atoms with E-state index >= 15 is 0 Å². The number of amides is 4. The number of unbranched alkanes of at least 4 members (excludes halogenated alkanes) is 13. The number of carboxylic acid groups (broad SMARTS) is 2. The first kappa shape index (κ1) is 36.0. The third kappa shape index (κ3) is 17.4. The van der Waals surface area contributed by atoms with Crippen LogP contribution in [-0.4, -0.2) is 69.8 Å². The van der Waals surface area contributed by atoms with E-state index < -0.39 is 23.9 Å². The van der Waals surface area contributed by atoms with Crippen LogP contribution in [-0.2, 0) is 28.8 Å². The summed E-state index contributed by atoms with van der Waals surface area (Å²) in [6.45, 7) is 1.88. The van der Waals surface area contributed by atoms with Gasteiger partial charge < -0.3 is 20.8 Å². The molecule has 1 aliphatic heterocycles. The van der Waals surface area contributed by atoms with Crippen molar-refractivity contribution in [1.29, 1.82) is 0 Å². The van der Waals surface area contributed by atoms with Gasteiger partial charge >= 0.3 is 11.9 Å². The quantitative estimate of drug-likeness (QED) is 0.0919. The van der Waals surface area contributed by atoms with Crippen LogP contribution >= 0.6 is 0 Å². The highest BCUT2D eigenvalue weighted by molar-refractivity contribution is 6.03. The second-order valence-corrected chi connectivity index (χ2v) is 11.2. The zero-order chi connectivity index (χ0) is 30.5. The molecule has 0 aromatic rings. The molecule has 0 aromatic heterocycles. The number of hydrogen-bond donors (Lipinski definition) is 4. The van der Waals surface area contributed by atoms with Crippen LogP contribution in [0.4, 0.5) is 0 Å². The Balaban J connectivity index is 2.01. The fraction of sp³-hybridized carbons (Fsp3) is 0.800. The van der Waals surface area contributed by atoms with E-state index in [2.05, 4.69) is 10.6 Å². The van der Waals surface area contributed by atoms with E-state index in [1.165, 1.54) is 44.9 Å². The van der Waals surface area contributed by atoms with Gasteiger partial charge in [-0.1, -0.05) is 84.0 Å². The minimum atomic E-state index is -1.19. The van der Waals surface area contributed by atoms with Gasteiger partial charge in [0.05, 0.1) is 0 Å². The Hall–Kier alpha value is -2.98. The zero-order valence-electron chi connectivity index (χ0n) is 24.8. The van der Waals surface area contributed by atoms with Crippen molar-refractivity contribution in [1.82, 2.24) is 15.5 Å². The van der Waals surface area contributed by atoms with Crippen LogP contribution in [0.3, 0.4) is 0 Å². The maximum Gasteiger partial charge on any atom is 0.326 e. The second kappa shape index (κ2) is 21.7. The number of carboxylic acids is 2. The van der Waals surface area contributed by atoms with Crippen molar-refractivity contribution in [3.63, 3.8) is 0 Å². The van der Waals surface area contributed by atoms with Gasteiger partial charge in [0.15, 0.2) is 0 Å². The lowest BCUT2D eigenvalue weighted by molar-refractivity contribution is -0.142. The van der Waals surface area contributed by atoms with E-state index in [0.29, 0.717) is 6.42 Å². The highest BCUT2D eigenvalue weighted by Gasteiger charge is 2.35. The van der Waals surface area contributed by atoms with Gasteiger partial charge in [0.25, 0.3) is 0 Å². The number of carbonyl (C=O) groups is 6. The minimum absolute atomic E-state index is 0.0433. The lowest BCUT2D eigenvalue weighted by Crippen LogP contribution is -2.42. The van der Waals surface area contributed by atoms with E-state index in [-0.39, 0.29) is 68.8 Å². The Morgan fingerprint density at radius 1 is 0.756 bits per heavy atom. The molecule has 1 aliphatic rings. The Morgan fingerprint density at radius 3 is 1.68 bits per heavy atom. The molecule has 234 valence electrons. The number of rotatable bonds is 25. The molecule has 2 unspecified atom stereocenters. The van der Waals surface area contributed by atoms with Crippen molar-refractivity contribution in [2.45, 2.75) is 135 Å². The molecule has 1 heterocycles. The molecule has 11 nitrogen and oxygen atoms in total. The lowest BCUT2D eigenvalue weighted by atomic mass is 10.0. The summed E-state index contributed by atoms with van der Waals surface area (Å²) in [6.07, 6.45) is 15.7. The molecule has 0 aromatic carbocycles. The SMILES string of the molecule is CC1CC(=O)N(CCNC(=O)CCC(NC(=O)CCCCCCCCCCCCCCCCC(=O)O)C(=O)O)C1=O. The molecule has 1 rings (SSSR count). The van der Waals surface area contributed by atoms with E-state index in [1.54, 1.807) is 6.92 Å². The number of imide groups is 1. The van der Waals surface area contributed by atoms with Crippen molar-refractivity contribution < 1.29 is 39.0 Å². The van der Waals surface area contributed by atoms with E-state index in [0.717, 1.165) is 43.4 Å². The predicted molar refractivity (Wildman–Crippen MR) is 154 cm³/mol. The number of likely N-dealkylation sites (tertiary alicyclic amines) is 1. The largest absolute Gasteiger partial charge is 0.481 e. The van der Waals surface area contributed by atoms with Gasteiger partial charge in [-0.3, -0.25) is 28.9 Å². The van der Waals surface area contributed by atoms with Crippen LogP contribution < -0.4 is 10.6 Å². The average molecular weight is 582 g/mol. The molecule has 0 bridgehead atoms. The van der Waals surface area contributed by atoms with Crippen LogP contribution in [0.5, 0.6) is 0 Å². The third-order valence-corrected chi connectivity index (χ3v) is 7.46. The topological polar surface area (TPSA) is 170 Å². The molecular weight excluding hydrogens is 530 g/mol. The Morgan fingerprint density at radius 2 is 1.24 bits per heavy atom. The molecule has 0 spiro atoms. The number of hydrogen-bond acceptors (Lipinski definition) is 6. The van der Waals surface area contributed by atoms with Gasteiger partial charge in [0, 0.05) is 44.7 Å². The minimum Gasteiger partial charge on any atom is -0.481 e. The van der Waals surface area contributed by atoms with E-state index in [9.17, 15) is 33.9 Å². The first-order valence-corrected chi connectivity index (χ1v) is 15.5. The second-order valence-electron chi connectivity index (χ2n) is 11.2. The Labute approximate surface area is 244 Å². The Kier molecular flexibility index (Phi) is 19.1. The summed E-state index contributed by atoms with van der Waals surface area (Å²) >= 11 is 0. The first-order chi connectivity index (χ1) is 19.6. The van der Waals surface area contributed by atoms with Crippen molar-refractivity contribution in [3.05, 3.63) is 0 Å². The standard InChI is InChI=1S/C30H51N3O8/c1-23-22-27(36)33(29(23)39)21-20-31-25(34)19-18-24(30(40)41)32-26(35)16-14-12-10-8-6-4-2-3-5-7-9-11-13-15-17-28(37)38/h23-24H,2-22H2,1H3,(H,31,34)(H,32,35)(H,37,38)(H,40,41). The van der Waals surface area contributed by atoms with Crippen molar-refractivity contribution in [2.75, 3.05) is 13.1 Å². The lowest BCUT2D eigenvalue weighted by Gasteiger charge is -2.16. The highest BCUT2D eigenvalue weighted by atomic mass is 16.4. The van der Waals surface area contributed by atoms with Crippen molar-refractivity contribution in [3.8, 4) is 0 Å².